The summed E-state index contributed by atoms with van der Waals surface area (Å²) in [5.41, 5.74) is 2.87. The normalized spacial score (nSPS) is 22.4. The van der Waals surface area contributed by atoms with Gasteiger partial charge in [0.25, 0.3) is 5.91 Å². The largest absolute Gasteiger partial charge is 0.352 e. The third-order valence-electron chi connectivity index (χ3n) is 3.89. The van der Waals surface area contributed by atoms with Gasteiger partial charge in [-0.3, -0.25) is 4.79 Å². The zero-order valence-corrected chi connectivity index (χ0v) is 12.4. The number of nitrogen functional groups attached to an aromatic ring is 1. The van der Waals surface area contributed by atoms with E-state index >= 15 is 0 Å². The molecule has 110 valence electrons. The number of anilines is 1. The van der Waals surface area contributed by atoms with Crippen molar-refractivity contribution in [1.82, 2.24) is 10.3 Å². The lowest BCUT2D eigenvalue weighted by atomic mass is 9.83. The van der Waals surface area contributed by atoms with Crippen molar-refractivity contribution in [3.05, 3.63) is 22.8 Å². The molecule has 1 heterocycles. The standard InChI is InChI=1S/C14H21ClN4O/c1-9-2-4-10(5-3-9)8-17-14(20)11-6-12(15)18-13(7-11)19-16/h6-7,9-10H,2-5,8,16H2,1H3,(H,17,20)(H,18,19). The molecule has 1 aliphatic carbocycles. The van der Waals surface area contributed by atoms with Crippen LogP contribution in [-0.4, -0.2) is 17.4 Å². The number of hydrogen-bond acceptors (Lipinski definition) is 4. The third-order valence-corrected chi connectivity index (χ3v) is 4.08. The second-order valence-corrected chi connectivity index (χ2v) is 5.93. The van der Waals surface area contributed by atoms with Gasteiger partial charge in [-0.25, -0.2) is 10.8 Å². The molecule has 0 unspecified atom stereocenters. The van der Waals surface area contributed by atoms with Crippen LogP contribution in [-0.2, 0) is 0 Å². The molecule has 0 saturated heterocycles. The Morgan fingerprint density at radius 3 is 2.75 bits per heavy atom. The third kappa shape index (κ3) is 4.08. The van der Waals surface area contributed by atoms with Gasteiger partial charge in [-0.15, -0.1) is 0 Å². The lowest BCUT2D eigenvalue weighted by Crippen LogP contribution is -2.31. The number of rotatable bonds is 4. The molecule has 4 N–H and O–H groups in total. The van der Waals surface area contributed by atoms with E-state index in [9.17, 15) is 4.79 Å². The van der Waals surface area contributed by atoms with Gasteiger partial charge in [0, 0.05) is 12.1 Å². The lowest BCUT2D eigenvalue weighted by molar-refractivity contribution is 0.0942. The number of nitrogens with zero attached hydrogens (tertiary/aromatic N) is 1. The Bertz CT molecular complexity index is 472. The number of carbonyl (C=O) groups is 1. The fraction of sp³-hybridized carbons (Fsp3) is 0.571. The quantitative estimate of drug-likeness (QED) is 0.453. The fourth-order valence-electron chi connectivity index (χ4n) is 2.57. The van der Waals surface area contributed by atoms with E-state index in [1.807, 2.05) is 0 Å². The number of hydrogen-bond donors (Lipinski definition) is 3. The van der Waals surface area contributed by atoms with Crippen molar-refractivity contribution in [3.63, 3.8) is 0 Å². The fourth-order valence-corrected chi connectivity index (χ4v) is 2.78. The molecule has 0 bridgehead atoms. The van der Waals surface area contributed by atoms with Gasteiger partial charge in [0.1, 0.15) is 11.0 Å². The number of nitrogens with two attached hydrogens (primary N) is 1. The van der Waals surface area contributed by atoms with Crippen molar-refractivity contribution in [2.75, 3.05) is 12.0 Å². The second kappa shape index (κ2) is 6.90. The highest BCUT2D eigenvalue weighted by Gasteiger charge is 2.19. The molecule has 6 heteroatoms. The average molecular weight is 297 g/mol. The maximum Gasteiger partial charge on any atom is 0.251 e. The summed E-state index contributed by atoms with van der Waals surface area (Å²) in [6, 6.07) is 3.13. The van der Waals surface area contributed by atoms with E-state index < -0.39 is 0 Å². The Labute approximate surface area is 124 Å². The highest BCUT2D eigenvalue weighted by Crippen LogP contribution is 2.27. The van der Waals surface area contributed by atoms with Gasteiger partial charge in [0.15, 0.2) is 0 Å². The summed E-state index contributed by atoms with van der Waals surface area (Å²) in [7, 11) is 0. The highest BCUT2D eigenvalue weighted by atomic mass is 35.5. The number of pyridine rings is 1. The van der Waals surface area contributed by atoms with Crippen molar-refractivity contribution in [1.29, 1.82) is 0 Å². The molecule has 0 aromatic carbocycles. The molecule has 0 radical (unpaired) electrons. The van der Waals surface area contributed by atoms with E-state index in [2.05, 4.69) is 22.7 Å². The van der Waals surface area contributed by atoms with Crippen LogP contribution in [0.1, 0.15) is 43.0 Å². The maximum atomic E-state index is 12.1. The van der Waals surface area contributed by atoms with Gasteiger partial charge in [-0.1, -0.05) is 31.4 Å². The average Bonchev–Trinajstić information content (AvgIpc) is 2.45. The van der Waals surface area contributed by atoms with Crippen molar-refractivity contribution in [3.8, 4) is 0 Å². The SMILES string of the molecule is CC1CCC(CNC(=O)c2cc(Cl)nc(NN)c2)CC1. The van der Waals surface area contributed by atoms with Crippen molar-refractivity contribution in [2.45, 2.75) is 32.6 Å². The molecule has 0 atom stereocenters. The van der Waals surface area contributed by atoms with Crippen LogP contribution in [0, 0.1) is 11.8 Å². The van der Waals surface area contributed by atoms with Crippen molar-refractivity contribution < 1.29 is 4.79 Å². The predicted octanol–water partition coefficient (Wildman–Crippen LogP) is 2.58. The number of hydrazine groups is 1. The van der Waals surface area contributed by atoms with Crippen LogP contribution in [0.2, 0.25) is 5.15 Å². The molecule has 0 spiro atoms. The summed E-state index contributed by atoms with van der Waals surface area (Å²) < 4.78 is 0. The summed E-state index contributed by atoms with van der Waals surface area (Å²) in [5, 5.41) is 3.22. The van der Waals surface area contributed by atoms with E-state index in [1.54, 1.807) is 12.1 Å². The molecule has 1 saturated carbocycles. The predicted molar refractivity (Wildman–Crippen MR) is 80.5 cm³/mol. The molecule has 1 aliphatic rings. The van der Waals surface area contributed by atoms with Crippen LogP contribution in [0.3, 0.4) is 0 Å². The summed E-state index contributed by atoms with van der Waals surface area (Å²) in [5.74, 6) is 6.94. The monoisotopic (exact) mass is 296 g/mol. The zero-order chi connectivity index (χ0) is 14.5. The molecule has 5 nitrogen and oxygen atoms in total. The van der Waals surface area contributed by atoms with Gasteiger partial charge >= 0.3 is 0 Å². The molecular formula is C14H21ClN4O. The van der Waals surface area contributed by atoms with Crippen LogP contribution in [0.15, 0.2) is 12.1 Å². The Hall–Kier alpha value is -1.33. The number of carbonyl (C=O) groups excluding carboxylic acids is 1. The molecule has 1 aromatic rings. The second-order valence-electron chi connectivity index (χ2n) is 5.54. The van der Waals surface area contributed by atoms with Crippen LogP contribution < -0.4 is 16.6 Å². The molecule has 0 aliphatic heterocycles. The molecule has 1 aromatic heterocycles. The van der Waals surface area contributed by atoms with Gasteiger partial charge in [-0.2, -0.15) is 0 Å². The smallest absolute Gasteiger partial charge is 0.251 e. The number of nitrogens with one attached hydrogen (secondary N) is 2. The maximum absolute atomic E-state index is 12.1. The first-order valence-corrected chi connectivity index (χ1v) is 7.38. The summed E-state index contributed by atoms with van der Waals surface area (Å²) in [6.45, 7) is 3.01. The van der Waals surface area contributed by atoms with Crippen LogP contribution in [0.5, 0.6) is 0 Å². The van der Waals surface area contributed by atoms with Gasteiger partial charge < -0.3 is 10.7 Å². The Kier molecular flexibility index (Phi) is 5.20. The highest BCUT2D eigenvalue weighted by molar-refractivity contribution is 6.29. The minimum absolute atomic E-state index is 0.135. The summed E-state index contributed by atoms with van der Waals surface area (Å²) in [4.78, 5) is 16.0. The van der Waals surface area contributed by atoms with E-state index in [4.69, 9.17) is 17.4 Å². The first kappa shape index (κ1) is 15.1. The molecular weight excluding hydrogens is 276 g/mol. The molecule has 2 rings (SSSR count). The number of amides is 1. The Morgan fingerprint density at radius 1 is 1.40 bits per heavy atom. The van der Waals surface area contributed by atoms with Crippen LogP contribution >= 0.6 is 11.6 Å². The molecule has 20 heavy (non-hydrogen) atoms. The van der Waals surface area contributed by atoms with Gasteiger partial charge in [0.05, 0.1) is 0 Å². The summed E-state index contributed by atoms with van der Waals surface area (Å²) in [6.07, 6.45) is 4.88. The Morgan fingerprint density at radius 2 is 2.10 bits per heavy atom. The minimum Gasteiger partial charge on any atom is -0.352 e. The Balaban J connectivity index is 1.90. The minimum atomic E-state index is -0.135. The van der Waals surface area contributed by atoms with Gasteiger partial charge in [-0.05, 0) is 36.8 Å². The van der Waals surface area contributed by atoms with Gasteiger partial charge in [0.2, 0.25) is 0 Å². The van der Waals surface area contributed by atoms with Crippen LogP contribution in [0.25, 0.3) is 0 Å². The summed E-state index contributed by atoms with van der Waals surface area (Å²) >= 11 is 5.85. The molecule has 1 fully saturated rings. The van der Waals surface area contributed by atoms with E-state index in [0.29, 0.717) is 17.3 Å². The molecule has 1 amide bonds. The first-order chi connectivity index (χ1) is 9.58. The zero-order valence-electron chi connectivity index (χ0n) is 11.7. The van der Waals surface area contributed by atoms with E-state index in [0.717, 1.165) is 12.5 Å². The number of halogens is 1. The van der Waals surface area contributed by atoms with Crippen molar-refractivity contribution in [2.24, 2.45) is 17.7 Å². The topological polar surface area (TPSA) is 80.0 Å². The van der Waals surface area contributed by atoms with E-state index in [1.165, 1.54) is 25.7 Å². The lowest BCUT2D eigenvalue weighted by Gasteiger charge is -2.26. The van der Waals surface area contributed by atoms with E-state index in [-0.39, 0.29) is 11.1 Å². The number of aromatic nitrogens is 1. The van der Waals surface area contributed by atoms with Crippen molar-refractivity contribution >= 4 is 23.3 Å². The van der Waals surface area contributed by atoms with Crippen LogP contribution in [0.4, 0.5) is 5.82 Å². The first-order valence-electron chi connectivity index (χ1n) is 7.01.